The number of sulfonamides is 2. The van der Waals surface area contributed by atoms with E-state index in [4.69, 9.17) is 39.9 Å². The highest BCUT2D eigenvalue weighted by molar-refractivity contribution is 7.92. The molecule has 0 aliphatic carbocycles. The molecule has 0 radical (unpaired) electrons. The number of nitrogens with one attached hydrogen (secondary N) is 1. The summed E-state index contributed by atoms with van der Waals surface area (Å²) in [5.41, 5.74) is -0.738. The third-order valence-electron chi connectivity index (χ3n) is 2.39. The maximum atomic E-state index is 11.5. The predicted molar refractivity (Wildman–Crippen MR) is 120 cm³/mol. The Kier molecular flexibility index (Phi) is 13.6. The van der Waals surface area contributed by atoms with Gasteiger partial charge in [0, 0.05) is 11.6 Å². The first-order chi connectivity index (χ1) is 14.2. The molecule has 10 nitrogen and oxygen atoms in total. The summed E-state index contributed by atoms with van der Waals surface area (Å²) in [7, 11) is -7.40. The number of carbonyl (C=O) groups is 2. The van der Waals surface area contributed by atoms with Crippen LogP contribution in [0.3, 0.4) is 0 Å². The number of carbonyl (C=O) groups excluding carboxylic acids is 2. The molecule has 0 bridgehead atoms. The lowest BCUT2D eigenvalue weighted by Crippen LogP contribution is -2.30. The molecule has 2 rings (SSSR count). The Labute approximate surface area is 202 Å². The van der Waals surface area contributed by atoms with Gasteiger partial charge in [0.05, 0.1) is 21.9 Å². The topological polar surface area (TPSA) is 159 Å². The Hall–Kier alpha value is -1.13. The number of hydrogen-bond acceptors (Lipinski definition) is 10. The quantitative estimate of drug-likeness (QED) is 0.500. The van der Waals surface area contributed by atoms with E-state index in [0.717, 1.165) is 22.7 Å². The minimum Gasteiger partial charge on any atom is -0.454 e. The van der Waals surface area contributed by atoms with E-state index in [2.05, 4.69) is 9.47 Å². The van der Waals surface area contributed by atoms with E-state index in [0.29, 0.717) is 15.3 Å². The first kappa shape index (κ1) is 29.9. The van der Waals surface area contributed by atoms with Gasteiger partial charge in [-0.1, -0.05) is 23.2 Å². The maximum Gasteiger partial charge on any atom is 0.421 e. The lowest BCUT2D eigenvalue weighted by molar-refractivity contribution is 0.158. The molecule has 0 aromatic carbocycles. The van der Waals surface area contributed by atoms with Gasteiger partial charge in [0.1, 0.15) is 8.42 Å². The van der Waals surface area contributed by atoms with Crippen molar-refractivity contribution >= 4 is 89.0 Å². The summed E-state index contributed by atoms with van der Waals surface area (Å²) in [4.78, 5) is 20.5. The smallest absolute Gasteiger partial charge is 0.421 e. The second-order valence-corrected chi connectivity index (χ2v) is 12.1. The van der Waals surface area contributed by atoms with E-state index in [9.17, 15) is 26.4 Å². The number of nitrogens with two attached hydrogens (primary N) is 1. The van der Waals surface area contributed by atoms with Gasteiger partial charge in [0.25, 0.3) is 10.0 Å². The molecule has 3 N–H and O–H groups in total. The fourth-order valence-electron chi connectivity index (χ4n) is 1.33. The van der Waals surface area contributed by atoms with Crippen molar-refractivity contribution in [1.29, 1.82) is 0 Å². The van der Waals surface area contributed by atoms with Crippen molar-refractivity contribution in [2.24, 2.45) is 5.14 Å². The second-order valence-electron chi connectivity index (χ2n) is 4.66. The van der Waals surface area contributed by atoms with Crippen LogP contribution in [0.4, 0.5) is 9.59 Å². The number of rotatable bonds is 5. The van der Waals surface area contributed by atoms with Gasteiger partial charge in [-0.05, 0) is 38.1 Å². The average Bonchev–Trinajstić information content (AvgIpc) is 3.24. The first-order valence-electron chi connectivity index (χ1n) is 7.78. The standard InChI is InChI=1S/C7H8ClNO4S2.C4H4ClNO2S2.C3H5ClO2/c1-2-13-7(10)9-15(11,12)6-4-3-5(8)14-6;5-3-1-2-4(9-3)10(6,7)8;1-2-6-3(4)5/h3-4H,2H2,1H3,(H,9,10);1-2H,(H2,6,7,8);2H2,1H3. The molecule has 2 heterocycles. The van der Waals surface area contributed by atoms with Crippen LogP contribution >= 0.6 is 57.5 Å². The van der Waals surface area contributed by atoms with Crippen LogP contribution in [0.15, 0.2) is 32.7 Å². The number of amides is 1. The van der Waals surface area contributed by atoms with Gasteiger partial charge in [-0.25, -0.2) is 36.3 Å². The molecular weight excluding hydrogens is 559 g/mol. The molecule has 176 valence electrons. The molecule has 0 unspecified atom stereocenters. The summed E-state index contributed by atoms with van der Waals surface area (Å²) in [5.74, 6) is 0. The van der Waals surface area contributed by atoms with Crippen LogP contribution in [-0.2, 0) is 29.5 Å². The van der Waals surface area contributed by atoms with Gasteiger partial charge in [0.2, 0.25) is 10.0 Å². The highest BCUT2D eigenvalue weighted by Crippen LogP contribution is 2.25. The van der Waals surface area contributed by atoms with E-state index >= 15 is 0 Å². The molecule has 0 saturated carbocycles. The summed E-state index contributed by atoms with van der Waals surface area (Å²) >= 11 is 17.6. The normalized spacial score (nSPS) is 10.6. The molecule has 0 fully saturated rings. The van der Waals surface area contributed by atoms with Gasteiger partial charge in [-0.3, -0.25) is 0 Å². The third-order valence-corrected chi connectivity index (χ3v) is 8.21. The molecule has 0 aliphatic rings. The number of hydrogen-bond donors (Lipinski definition) is 2. The van der Waals surface area contributed by atoms with Gasteiger partial charge in [-0.15, -0.1) is 22.7 Å². The van der Waals surface area contributed by atoms with Crippen LogP contribution in [0.5, 0.6) is 0 Å². The number of primary sulfonamides is 1. The summed E-state index contributed by atoms with van der Waals surface area (Å²) in [6.07, 6.45) is -0.998. The zero-order valence-electron chi connectivity index (χ0n) is 15.8. The van der Waals surface area contributed by atoms with Crippen molar-refractivity contribution < 1.29 is 35.9 Å². The van der Waals surface area contributed by atoms with E-state index in [1.165, 1.54) is 24.3 Å². The van der Waals surface area contributed by atoms with Gasteiger partial charge < -0.3 is 9.47 Å². The average molecular weight is 576 g/mol. The Morgan fingerprint density at radius 2 is 1.39 bits per heavy atom. The molecule has 2 aromatic rings. The summed E-state index contributed by atoms with van der Waals surface area (Å²) in [5, 5.41) is 4.79. The van der Waals surface area contributed by atoms with Crippen LogP contribution in [0.25, 0.3) is 0 Å². The maximum absolute atomic E-state index is 11.5. The summed E-state index contributed by atoms with van der Waals surface area (Å²) in [6.45, 7) is 3.73. The van der Waals surface area contributed by atoms with Gasteiger partial charge in [-0.2, -0.15) is 0 Å². The van der Waals surface area contributed by atoms with Crippen molar-refractivity contribution in [2.75, 3.05) is 13.2 Å². The van der Waals surface area contributed by atoms with Gasteiger partial charge >= 0.3 is 11.5 Å². The van der Waals surface area contributed by atoms with Crippen molar-refractivity contribution in [3.63, 3.8) is 0 Å². The molecule has 1 amide bonds. The largest absolute Gasteiger partial charge is 0.454 e. The van der Waals surface area contributed by atoms with Crippen LogP contribution < -0.4 is 9.86 Å². The Balaban J connectivity index is 0.000000484. The summed E-state index contributed by atoms with van der Waals surface area (Å²) < 4.78 is 55.3. The van der Waals surface area contributed by atoms with Crippen LogP contribution in [-0.4, -0.2) is 41.6 Å². The van der Waals surface area contributed by atoms with Crippen molar-refractivity contribution in [3.8, 4) is 0 Å². The lowest BCUT2D eigenvalue weighted by Gasteiger charge is -2.03. The SMILES string of the molecule is CCOC(=O)Cl.CCOC(=O)NS(=O)(=O)c1ccc(Cl)s1.NS(=O)(=O)c1ccc(Cl)s1. The molecular formula is C14H17Cl3N2O8S4. The molecule has 0 spiro atoms. The molecule has 17 heteroatoms. The van der Waals surface area contributed by atoms with E-state index < -0.39 is 31.6 Å². The third kappa shape index (κ3) is 13.1. The fourth-order valence-corrected chi connectivity index (χ4v) is 5.71. The Bertz CT molecular complexity index is 1070. The van der Waals surface area contributed by atoms with Crippen LogP contribution in [0.1, 0.15) is 13.8 Å². The number of thiophene rings is 2. The predicted octanol–water partition coefficient (Wildman–Crippen LogP) is 4.27. The van der Waals surface area contributed by atoms with Gasteiger partial charge in [0.15, 0.2) is 0 Å². The zero-order valence-corrected chi connectivity index (χ0v) is 21.4. The second kappa shape index (κ2) is 14.1. The highest BCUT2D eigenvalue weighted by atomic mass is 35.5. The lowest BCUT2D eigenvalue weighted by atomic mass is 10.7. The van der Waals surface area contributed by atoms with E-state index in [1.807, 2.05) is 0 Å². The fraction of sp³-hybridized carbons (Fsp3) is 0.286. The van der Waals surface area contributed by atoms with E-state index in [-0.39, 0.29) is 15.0 Å². The molecule has 2 aromatic heterocycles. The van der Waals surface area contributed by atoms with E-state index in [1.54, 1.807) is 18.6 Å². The molecule has 0 saturated heterocycles. The zero-order chi connectivity index (χ0) is 24.2. The number of halogens is 3. The molecule has 31 heavy (non-hydrogen) atoms. The number of ether oxygens (including phenoxy) is 2. The first-order valence-corrected chi connectivity index (χ1v) is 13.6. The van der Waals surface area contributed by atoms with Crippen molar-refractivity contribution in [2.45, 2.75) is 22.3 Å². The highest BCUT2D eigenvalue weighted by Gasteiger charge is 2.20. The monoisotopic (exact) mass is 574 g/mol. The minimum absolute atomic E-state index is 0.0273. The van der Waals surface area contributed by atoms with Crippen LogP contribution in [0.2, 0.25) is 8.67 Å². The molecule has 0 atom stereocenters. The van der Waals surface area contributed by atoms with Crippen LogP contribution in [0, 0.1) is 0 Å². The summed E-state index contributed by atoms with van der Waals surface area (Å²) in [6, 6.07) is 5.62. The van der Waals surface area contributed by atoms with Crippen molar-refractivity contribution in [3.05, 3.63) is 32.9 Å². The Morgan fingerprint density at radius 1 is 0.935 bits per heavy atom. The minimum atomic E-state index is -3.85. The molecule has 0 aliphatic heterocycles. The Morgan fingerprint density at radius 3 is 1.65 bits per heavy atom. The van der Waals surface area contributed by atoms with Crippen molar-refractivity contribution in [1.82, 2.24) is 4.72 Å².